The number of benzene rings is 4. The predicted molar refractivity (Wildman–Crippen MR) is 102 cm³/mol. The van der Waals surface area contributed by atoms with Gasteiger partial charge in [-0.05, 0) is 56.3 Å². The Hall–Kier alpha value is -3.23. The molecule has 0 saturated heterocycles. The van der Waals surface area contributed by atoms with Gasteiger partial charge in [-0.25, -0.2) is 0 Å². The largest absolute Gasteiger partial charge is 0.384 e. The summed E-state index contributed by atoms with van der Waals surface area (Å²) in [5.74, 6) is 0.0958. The maximum Gasteiger partial charge on any atom is 0.194 e. The molecule has 0 radical (unpaired) electrons. The Kier molecular flexibility index (Phi) is 2.52. The third-order valence-corrected chi connectivity index (χ3v) is 5.72. The average molecular weight is 334 g/mol. The quantitative estimate of drug-likeness (QED) is 0.427. The molecule has 0 heterocycles. The zero-order valence-electron chi connectivity index (χ0n) is 13.9. The van der Waals surface area contributed by atoms with Gasteiger partial charge in [-0.3, -0.25) is 4.79 Å². The van der Waals surface area contributed by atoms with Crippen LogP contribution in [0.3, 0.4) is 0 Å². The number of aliphatic hydroxyl groups is 1. The van der Waals surface area contributed by atoms with Gasteiger partial charge in [0, 0.05) is 11.1 Å². The van der Waals surface area contributed by atoms with E-state index in [1.54, 1.807) is 0 Å². The van der Waals surface area contributed by atoms with Gasteiger partial charge in [-0.1, -0.05) is 60.7 Å². The first-order valence-corrected chi connectivity index (χ1v) is 8.76. The summed E-state index contributed by atoms with van der Waals surface area (Å²) < 4.78 is 0. The normalized spacial score (nSPS) is 16.3. The fourth-order valence-electron chi connectivity index (χ4n) is 4.52. The second-order valence-corrected chi connectivity index (χ2v) is 7.01. The molecule has 0 amide bonds. The van der Waals surface area contributed by atoms with Crippen molar-refractivity contribution >= 4 is 16.6 Å². The second-order valence-electron chi connectivity index (χ2n) is 7.01. The van der Waals surface area contributed by atoms with Crippen LogP contribution in [0.5, 0.6) is 0 Å². The van der Waals surface area contributed by atoms with E-state index < -0.39 is 6.10 Å². The Labute approximate surface area is 150 Å². The molecular weight excluding hydrogens is 320 g/mol. The summed E-state index contributed by atoms with van der Waals surface area (Å²) in [7, 11) is 0. The van der Waals surface area contributed by atoms with Crippen molar-refractivity contribution in [3.63, 3.8) is 0 Å². The highest BCUT2D eigenvalue weighted by atomic mass is 16.3. The van der Waals surface area contributed by atoms with Crippen molar-refractivity contribution in [3.8, 4) is 22.3 Å². The average Bonchev–Trinajstić information content (AvgIpc) is 3.14. The van der Waals surface area contributed by atoms with Gasteiger partial charge in [-0.2, -0.15) is 0 Å². The van der Waals surface area contributed by atoms with E-state index in [-0.39, 0.29) is 5.78 Å². The minimum atomic E-state index is -0.590. The molecule has 1 N–H and O–H groups in total. The predicted octanol–water partition coefficient (Wildman–Crippen LogP) is 5.11. The third kappa shape index (κ3) is 1.58. The molecule has 6 rings (SSSR count). The SMILES string of the molecule is O=C1c2ccccc2-c2cc3c4c(ccc3cc21)C(O)c1ccccc1-4. The molecule has 26 heavy (non-hydrogen) atoms. The van der Waals surface area contributed by atoms with Crippen molar-refractivity contribution in [1.82, 2.24) is 0 Å². The fraction of sp³-hybridized carbons (Fsp3) is 0.0417. The van der Waals surface area contributed by atoms with Gasteiger partial charge in [0.25, 0.3) is 0 Å². The van der Waals surface area contributed by atoms with E-state index in [1.807, 2.05) is 60.7 Å². The minimum absolute atomic E-state index is 0.0958. The molecule has 122 valence electrons. The minimum Gasteiger partial charge on any atom is -0.384 e. The van der Waals surface area contributed by atoms with E-state index in [2.05, 4.69) is 12.1 Å². The van der Waals surface area contributed by atoms with E-state index in [9.17, 15) is 9.90 Å². The lowest BCUT2D eigenvalue weighted by molar-refractivity contribution is 0.104. The Morgan fingerprint density at radius 2 is 1.38 bits per heavy atom. The zero-order valence-corrected chi connectivity index (χ0v) is 13.9. The highest BCUT2D eigenvalue weighted by Gasteiger charge is 2.31. The van der Waals surface area contributed by atoms with Crippen LogP contribution in [0.1, 0.15) is 33.2 Å². The first kappa shape index (κ1) is 14.0. The number of fused-ring (bicyclic) bond motifs is 8. The van der Waals surface area contributed by atoms with Gasteiger partial charge in [0.2, 0.25) is 0 Å². The number of aliphatic hydroxyl groups excluding tert-OH is 1. The molecule has 4 aromatic carbocycles. The summed E-state index contributed by atoms with van der Waals surface area (Å²) in [6.07, 6.45) is -0.590. The first-order chi connectivity index (χ1) is 12.7. The Morgan fingerprint density at radius 3 is 2.23 bits per heavy atom. The maximum atomic E-state index is 12.8. The van der Waals surface area contributed by atoms with Crippen LogP contribution < -0.4 is 0 Å². The van der Waals surface area contributed by atoms with Crippen LogP contribution in [0, 0.1) is 0 Å². The highest BCUT2D eigenvalue weighted by molar-refractivity contribution is 6.24. The molecule has 0 aliphatic heterocycles. The lowest BCUT2D eigenvalue weighted by Crippen LogP contribution is -1.95. The van der Waals surface area contributed by atoms with Crippen LogP contribution in [0.2, 0.25) is 0 Å². The van der Waals surface area contributed by atoms with Gasteiger partial charge in [0.15, 0.2) is 5.78 Å². The number of ketones is 1. The van der Waals surface area contributed by atoms with Gasteiger partial charge in [-0.15, -0.1) is 0 Å². The van der Waals surface area contributed by atoms with E-state index in [0.29, 0.717) is 0 Å². The first-order valence-electron chi connectivity index (χ1n) is 8.76. The highest BCUT2D eigenvalue weighted by Crippen LogP contribution is 2.48. The summed E-state index contributed by atoms with van der Waals surface area (Å²) in [5.41, 5.74) is 7.59. The number of hydrogen-bond acceptors (Lipinski definition) is 2. The van der Waals surface area contributed by atoms with E-state index >= 15 is 0 Å². The van der Waals surface area contributed by atoms with E-state index in [4.69, 9.17) is 0 Å². The molecule has 2 aliphatic rings. The van der Waals surface area contributed by atoms with Crippen molar-refractivity contribution < 1.29 is 9.90 Å². The molecule has 1 atom stereocenters. The van der Waals surface area contributed by atoms with Crippen LogP contribution in [0.4, 0.5) is 0 Å². The number of rotatable bonds is 0. The Balaban J connectivity index is 1.74. The summed E-state index contributed by atoms with van der Waals surface area (Å²) in [6.45, 7) is 0. The number of carbonyl (C=O) groups excluding carboxylic acids is 1. The molecule has 2 aliphatic carbocycles. The van der Waals surface area contributed by atoms with Crippen LogP contribution >= 0.6 is 0 Å². The molecule has 0 fully saturated rings. The summed E-state index contributed by atoms with van der Waals surface area (Å²) in [6, 6.07) is 23.9. The molecule has 0 spiro atoms. The van der Waals surface area contributed by atoms with Gasteiger partial charge < -0.3 is 5.11 Å². The molecule has 2 nitrogen and oxygen atoms in total. The monoisotopic (exact) mass is 334 g/mol. The van der Waals surface area contributed by atoms with Crippen molar-refractivity contribution in [1.29, 1.82) is 0 Å². The second kappa shape index (κ2) is 4.69. The van der Waals surface area contributed by atoms with E-state index in [1.165, 1.54) is 0 Å². The summed E-state index contributed by atoms with van der Waals surface area (Å²) >= 11 is 0. The zero-order chi connectivity index (χ0) is 17.4. The van der Waals surface area contributed by atoms with Crippen LogP contribution in [0.15, 0.2) is 72.8 Å². The summed E-state index contributed by atoms with van der Waals surface area (Å²) in [5, 5.41) is 12.9. The molecular formula is C24H14O2. The number of hydrogen-bond donors (Lipinski definition) is 1. The van der Waals surface area contributed by atoms with Crippen molar-refractivity contribution in [2.45, 2.75) is 6.10 Å². The van der Waals surface area contributed by atoms with Crippen LogP contribution in [-0.4, -0.2) is 10.9 Å². The number of carbonyl (C=O) groups is 1. The third-order valence-electron chi connectivity index (χ3n) is 5.72. The molecule has 0 bridgehead atoms. The Morgan fingerprint density at radius 1 is 0.654 bits per heavy atom. The fourth-order valence-corrected chi connectivity index (χ4v) is 4.52. The Bertz CT molecular complexity index is 1270. The lowest BCUT2D eigenvalue weighted by Gasteiger charge is -2.10. The van der Waals surface area contributed by atoms with Crippen molar-refractivity contribution in [2.75, 3.05) is 0 Å². The van der Waals surface area contributed by atoms with Crippen molar-refractivity contribution in [2.24, 2.45) is 0 Å². The van der Waals surface area contributed by atoms with Crippen molar-refractivity contribution in [3.05, 3.63) is 95.1 Å². The molecule has 1 unspecified atom stereocenters. The standard InChI is InChI=1S/C24H14O2/c25-23-17-8-4-2-6-15(17)22-18(23)10-9-13-11-21-20(12-19(13)22)14-5-1-3-7-16(14)24(21)26/h1-12,23,25H. The molecule has 4 aromatic rings. The molecule has 0 aromatic heterocycles. The van der Waals surface area contributed by atoms with Crippen LogP contribution in [0.25, 0.3) is 33.0 Å². The van der Waals surface area contributed by atoms with Gasteiger partial charge >= 0.3 is 0 Å². The van der Waals surface area contributed by atoms with Gasteiger partial charge in [0.1, 0.15) is 6.10 Å². The molecule has 0 saturated carbocycles. The maximum absolute atomic E-state index is 12.8. The van der Waals surface area contributed by atoms with Crippen LogP contribution in [-0.2, 0) is 0 Å². The topological polar surface area (TPSA) is 37.3 Å². The van der Waals surface area contributed by atoms with Gasteiger partial charge in [0.05, 0.1) is 0 Å². The summed E-state index contributed by atoms with van der Waals surface area (Å²) in [4.78, 5) is 12.8. The smallest absolute Gasteiger partial charge is 0.194 e. The lowest BCUT2D eigenvalue weighted by atomic mass is 9.93. The molecule has 2 heteroatoms. The van der Waals surface area contributed by atoms with E-state index in [0.717, 1.165) is 55.3 Å².